The summed E-state index contributed by atoms with van der Waals surface area (Å²) in [5.41, 5.74) is 4.99. The molecular weight excluding hydrogens is 464 g/mol. The van der Waals surface area contributed by atoms with Gasteiger partial charge >= 0.3 is 0 Å². The number of aromatic nitrogens is 2. The second-order valence-corrected chi connectivity index (χ2v) is 8.79. The second-order valence-electron chi connectivity index (χ2n) is 8.42. The highest BCUT2D eigenvalue weighted by Gasteiger charge is 2.18. The van der Waals surface area contributed by atoms with Crippen LogP contribution in [0.1, 0.15) is 24.0 Å². The quantitative estimate of drug-likeness (QED) is 0.225. The van der Waals surface area contributed by atoms with E-state index < -0.39 is 0 Å². The predicted octanol–water partition coefficient (Wildman–Crippen LogP) is 6.86. The fraction of sp³-hybridized carbons (Fsp3) is 0.321. The first-order chi connectivity index (χ1) is 17.0. The molecule has 0 bridgehead atoms. The number of rotatable bonds is 10. The predicted molar refractivity (Wildman–Crippen MR) is 140 cm³/mol. The molecule has 0 N–H and O–H groups in total. The summed E-state index contributed by atoms with van der Waals surface area (Å²) in [5, 5.41) is 0.795. The number of benzene rings is 3. The Morgan fingerprint density at radius 2 is 1.51 bits per heavy atom. The molecule has 0 fully saturated rings. The number of nitrogens with zero attached hydrogens (tertiary/aromatic N) is 2. The van der Waals surface area contributed by atoms with E-state index in [2.05, 4.69) is 10.6 Å². The van der Waals surface area contributed by atoms with Crippen molar-refractivity contribution in [2.24, 2.45) is 0 Å². The highest BCUT2D eigenvalue weighted by atomic mass is 35.5. The molecule has 1 heterocycles. The highest BCUT2D eigenvalue weighted by molar-refractivity contribution is 6.32. The molecule has 0 saturated heterocycles. The highest BCUT2D eigenvalue weighted by Crippen LogP contribution is 2.41. The van der Waals surface area contributed by atoms with Crippen molar-refractivity contribution < 1.29 is 18.9 Å². The van der Waals surface area contributed by atoms with Crippen LogP contribution in [0.25, 0.3) is 22.4 Å². The van der Waals surface area contributed by atoms with Crippen molar-refractivity contribution in [2.75, 3.05) is 27.9 Å². The summed E-state index contributed by atoms with van der Waals surface area (Å²) in [4.78, 5) is 4.93. The number of imidazole rings is 1. The number of aryl methyl sites for hydroxylation is 3. The van der Waals surface area contributed by atoms with Crippen LogP contribution < -0.4 is 18.9 Å². The van der Waals surface area contributed by atoms with E-state index >= 15 is 0 Å². The fourth-order valence-corrected chi connectivity index (χ4v) is 4.39. The summed E-state index contributed by atoms with van der Waals surface area (Å²) >= 11 is 6.27. The van der Waals surface area contributed by atoms with Gasteiger partial charge in [-0.05, 0) is 74.2 Å². The molecule has 0 spiro atoms. The number of para-hydroxylation sites is 2. The van der Waals surface area contributed by atoms with Crippen molar-refractivity contribution in [3.05, 3.63) is 64.7 Å². The summed E-state index contributed by atoms with van der Waals surface area (Å²) in [5.74, 6) is 3.47. The van der Waals surface area contributed by atoms with Crippen molar-refractivity contribution in [3.63, 3.8) is 0 Å². The van der Waals surface area contributed by atoms with Crippen molar-refractivity contribution in [1.82, 2.24) is 9.55 Å². The third kappa shape index (κ3) is 5.17. The van der Waals surface area contributed by atoms with Gasteiger partial charge in [-0.15, -0.1) is 0 Å². The van der Waals surface area contributed by atoms with Crippen LogP contribution in [-0.2, 0) is 6.54 Å². The molecule has 4 rings (SSSR count). The molecule has 0 aliphatic carbocycles. The van der Waals surface area contributed by atoms with E-state index in [4.69, 9.17) is 35.5 Å². The fourth-order valence-electron chi connectivity index (χ4n) is 4.28. The standard InChI is InChI=1S/C28H31ClN2O4/c1-18-14-21(15-19(2)26(18)29)35-13-9-8-12-31-23-11-7-6-10-22(23)30-28(31)20-16-24(32-3)27(34-5)25(17-20)33-4/h6-7,10-11,14-17H,8-9,12-13H2,1-5H3. The van der Waals surface area contributed by atoms with Gasteiger partial charge in [-0.25, -0.2) is 4.98 Å². The summed E-state index contributed by atoms with van der Waals surface area (Å²) in [6, 6.07) is 16.0. The molecule has 0 saturated carbocycles. The number of unbranched alkanes of at least 4 members (excludes halogenated alkanes) is 1. The van der Waals surface area contributed by atoms with Gasteiger partial charge < -0.3 is 23.5 Å². The Morgan fingerprint density at radius 1 is 0.857 bits per heavy atom. The van der Waals surface area contributed by atoms with Gasteiger partial charge in [0.1, 0.15) is 11.6 Å². The number of halogens is 1. The van der Waals surface area contributed by atoms with E-state index in [-0.39, 0.29) is 0 Å². The molecule has 184 valence electrons. The Kier molecular flexibility index (Phi) is 7.71. The van der Waals surface area contributed by atoms with Crippen molar-refractivity contribution in [2.45, 2.75) is 33.2 Å². The lowest BCUT2D eigenvalue weighted by Gasteiger charge is -2.15. The Morgan fingerprint density at radius 3 is 2.14 bits per heavy atom. The maximum atomic E-state index is 6.27. The molecule has 4 aromatic rings. The van der Waals surface area contributed by atoms with Gasteiger partial charge in [0.05, 0.1) is 39.0 Å². The number of ether oxygens (including phenoxy) is 4. The lowest BCUT2D eigenvalue weighted by Crippen LogP contribution is -2.05. The van der Waals surface area contributed by atoms with E-state index in [9.17, 15) is 0 Å². The van der Waals surface area contributed by atoms with E-state index in [0.717, 1.165) is 63.7 Å². The maximum Gasteiger partial charge on any atom is 0.203 e. The van der Waals surface area contributed by atoms with Crippen LogP contribution in [0.2, 0.25) is 5.02 Å². The molecule has 0 unspecified atom stereocenters. The average molecular weight is 495 g/mol. The first-order valence-corrected chi connectivity index (χ1v) is 12.0. The molecule has 0 amide bonds. The zero-order valence-corrected chi connectivity index (χ0v) is 21.6. The number of fused-ring (bicyclic) bond motifs is 1. The van der Waals surface area contributed by atoms with Gasteiger partial charge in [0, 0.05) is 17.1 Å². The van der Waals surface area contributed by atoms with Crippen LogP contribution >= 0.6 is 11.6 Å². The molecule has 0 aliphatic heterocycles. The van der Waals surface area contributed by atoms with E-state index in [1.165, 1.54) is 0 Å². The maximum absolute atomic E-state index is 6.27. The van der Waals surface area contributed by atoms with Crippen LogP contribution in [0.15, 0.2) is 48.5 Å². The Hall–Kier alpha value is -3.38. The molecule has 0 aliphatic rings. The summed E-state index contributed by atoms with van der Waals surface area (Å²) in [6.45, 7) is 5.43. The molecule has 1 aromatic heterocycles. The molecule has 7 heteroatoms. The molecular formula is C28H31ClN2O4. The largest absolute Gasteiger partial charge is 0.494 e. The van der Waals surface area contributed by atoms with Gasteiger partial charge in [-0.1, -0.05) is 23.7 Å². The van der Waals surface area contributed by atoms with Gasteiger partial charge in [-0.3, -0.25) is 0 Å². The monoisotopic (exact) mass is 494 g/mol. The molecule has 0 atom stereocenters. The van der Waals surface area contributed by atoms with E-state index in [0.29, 0.717) is 23.9 Å². The van der Waals surface area contributed by atoms with Gasteiger partial charge in [0.25, 0.3) is 0 Å². The SMILES string of the molecule is COc1cc(-c2nc3ccccc3n2CCCCOc2cc(C)c(Cl)c(C)c2)cc(OC)c1OC. The molecule has 0 radical (unpaired) electrons. The lowest BCUT2D eigenvalue weighted by atomic mass is 10.1. The van der Waals surface area contributed by atoms with Crippen LogP contribution in [0.4, 0.5) is 0 Å². The minimum atomic E-state index is 0.561. The summed E-state index contributed by atoms with van der Waals surface area (Å²) < 4.78 is 24.9. The lowest BCUT2D eigenvalue weighted by molar-refractivity contribution is 0.303. The first kappa shape index (κ1) is 24.7. The molecule has 6 nitrogen and oxygen atoms in total. The number of hydrogen-bond donors (Lipinski definition) is 0. The molecule has 3 aromatic carbocycles. The number of methoxy groups -OCH3 is 3. The third-order valence-electron chi connectivity index (χ3n) is 6.03. The molecule has 35 heavy (non-hydrogen) atoms. The smallest absolute Gasteiger partial charge is 0.203 e. The first-order valence-electron chi connectivity index (χ1n) is 11.6. The topological polar surface area (TPSA) is 54.7 Å². The van der Waals surface area contributed by atoms with Gasteiger partial charge in [0.2, 0.25) is 5.75 Å². The minimum absolute atomic E-state index is 0.561. The van der Waals surface area contributed by atoms with Crippen LogP contribution in [-0.4, -0.2) is 37.5 Å². The van der Waals surface area contributed by atoms with E-state index in [1.807, 2.05) is 56.3 Å². The zero-order valence-electron chi connectivity index (χ0n) is 20.9. The third-order valence-corrected chi connectivity index (χ3v) is 6.63. The number of hydrogen-bond acceptors (Lipinski definition) is 5. The van der Waals surface area contributed by atoms with Crippen LogP contribution in [0.5, 0.6) is 23.0 Å². The van der Waals surface area contributed by atoms with Crippen molar-refractivity contribution >= 4 is 22.6 Å². The second kappa shape index (κ2) is 10.9. The van der Waals surface area contributed by atoms with Crippen molar-refractivity contribution in [1.29, 1.82) is 0 Å². The average Bonchev–Trinajstić information content (AvgIpc) is 3.24. The summed E-state index contributed by atoms with van der Waals surface area (Å²) in [6.07, 6.45) is 1.84. The van der Waals surface area contributed by atoms with Crippen LogP contribution in [0, 0.1) is 13.8 Å². The minimum Gasteiger partial charge on any atom is -0.494 e. The van der Waals surface area contributed by atoms with Gasteiger partial charge in [0.15, 0.2) is 11.5 Å². The normalized spacial score (nSPS) is 11.0. The Balaban J connectivity index is 1.55. The van der Waals surface area contributed by atoms with Crippen LogP contribution in [0.3, 0.4) is 0 Å². The van der Waals surface area contributed by atoms with Crippen molar-refractivity contribution in [3.8, 4) is 34.4 Å². The van der Waals surface area contributed by atoms with E-state index in [1.54, 1.807) is 21.3 Å². The summed E-state index contributed by atoms with van der Waals surface area (Å²) in [7, 11) is 4.84. The Bertz CT molecular complexity index is 1280. The Labute approximate surface area is 211 Å². The van der Waals surface area contributed by atoms with Gasteiger partial charge in [-0.2, -0.15) is 0 Å². The zero-order chi connectivity index (χ0) is 24.9.